The highest BCUT2D eigenvalue weighted by atomic mass is 32.1. The van der Waals surface area contributed by atoms with Crippen molar-refractivity contribution in [3.05, 3.63) is 24.3 Å². The molecule has 0 radical (unpaired) electrons. The van der Waals surface area contributed by atoms with Crippen molar-refractivity contribution in [2.45, 2.75) is 46.4 Å². The minimum Gasteiger partial charge on any atom is -0.427 e. The quantitative estimate of drug-likeness (QED) is 0.508. The van der Waals surface area contributed by atoms with Crippen LogP contribution >= 0.6 is 12.2 Å². The minimum absolute atomic E-state index is 0.486. The van der Waals surface area contributed by atoms with Gasteiger partial charge in [-0.1, -0.05) is 64.4 Å². The second-order valence-corrected chi connectivity index (χ2v) is 5.21. The number of nitrogens with one attached hydrogen (secondary N) is 2. The Morgan fingerprint density at radius 2 is 1.62 bits per heavy atom. The Morgan fingerprint density at radius 1 is 1.05 bits per heavy atom. The first-order valence-electron chi connectivity index (χ1n) is 7.53. The van der Waals surface area contributed by atoms with Crippen LogP contribution < -0.4 is 10.6 Å². The number of fused-ring (bicyclic) bond motifs is 1. The second kappa shape index (κ2) is 12.6. The molecule has 118 valence electrons. The maximum Gasteiger partial charge on any atom is 0.451 e. The fourth-order valence-electron chi connectivity index (χ4n) is 1.37. The molecule has 0 unspecified atom stereocenters. The summed E-state index contributed by atoms with van der Waals surface area (Å²) in [6.45, 7) is 7.01. The van der Waals surface area contributed by atoms with Gasteiger partial charge in [0.25, 0.3) is 0 Å². The smallest absolute Gasteiger partial charge is 0.427 e. The Bertz CT molecular complexity index is 401. The molecule has 1 heterocycles. The van der Waals surface area contributed by atoms with Crippen molar-refractivity contribution in [2.75, 3.05) is 17.2 Å². The van der Waals surface area contributed by atoms with Crippen molar-refractivity contribution in [3.63, 3.8) is 0 Å². The van der Waals surface area contributed by atoms with Crippen molar-refractivity contribution >= 4 is 35.7 Å². The van der Waals surface area contributed by atoms with E-state index in [2.05, 4.69) is 24.5 Å². The molecular formula is C15H27BN2O2S. The van der Waals surface area contributed by atoms with Gasteiger partial charge in [-0.2, -0.15) is 0 Å². The number of unbranched alkanes of at least 4 members (excludes halogenated alkanes) is 1. The highest BCUT2D eigenvalue weighted by Crippen LogP contribution is 2.23. The van der Waals surface area contributed by atoms with Gasteiger partial charge in [0.1, 0.15) is 0 Å². The van der Waals surface area contributed by atoms with E-state index < -0.39 is 7.12 Å². The standard InChI is InChI=1S/C8H8N2S.C4H10.C3H9BO2/c11-8-5-9-6-3-1-2-4-7(6)10-8;1-3-4-2;1-2-3-4(5)6/h1-4,9H,5H2,(H,10,11);3-4H2,1-2H3;5-6H,2-3H2,1H3. The number of para-hydroxylation sites is 2. The Hall–Kier alpha value is -1.11. The lowest BCUT2D eigenvalue weighted by molar-refractivity contribution is 0.404. The summed E-state index contributed by atoms with van der Waals surface area (Å²) in [5.74, 6) is 0. The first kappa shape index (κ1) is 19.9. The average Bonchev–Trinajstić information content (AvgIpc) is 2.48. The molecule has 0 saturated heterocycles. The predicted molar refractivity (Wildman–Crippen MR) is 97.0 cm³/mol. The summed E-state index contributed by atoms with van der Waals surface area (Å²) in [5, 5.41) is 22.6. The van der Waals surface area contributed by atoms with Crippen LogP contribution in [0.1, 0.15) is 40.0 Å². The lowest BCUT2D eigenvalue weighted by atomic mass is 9.85. The maximum absolute atomic E-state index is 8.11. The Morgan fingerprint density at radius 3 is 2.05 bits per heavy atom. The summed E-state index contributed by atoms with van der Waals surface area (Å²) in [6.07, 6.45) is 3.96. The number of hydrogen-bond donors (Lipinski definition) is 4. The molecule has 21 heavy (non-hydrogen) atoms. The zero-order valence-electron chi connectivity index (χ0n) is 13.2. The number of rotatable bonds is 3. The van der Waals surface area contributed by atoms with E-state index >= 15 is 0 Å². The summed E-state index contributed by atoms with van der Waals surface area (Å²) in [6, 6.07) is 8.03. The Labute approximate surface area is 134 Å². The third-order valence-corrected chi connectivity index (χ3v) is 2.93. The largest absolute Gasteiger partial charge is 0.451 e. The van der Waals surface area contributed by atoms with Crippen LogP contribution in [0, 0.1) is 0 Å². The molecule has 0 spiro atoms. The van der Waals surface area contributed by atoms with Crippen molar-refractivity contribution < 1.29 is 10.0 Å². The lowest BCUT2D eigenvalue weighted by Crippen LogP contribution is -2.25. The van der Waals surface area contributed by atoms with Crippen LogP contribution in [0.15, 0.2) is 24.3 Å². The van der Waals surface area contributed by atoms with Gasteiger partial charge in [-0.15, -0.1) is 0 Å². The number of thiocarbonyl (C=S) groups is 1. The van der Waals surface area contributed by atoms with E-state index in [1.54, 1.807) is 0 Å². The summed E-state index contributed by atoms with van der Waals surface area (Å²) < 4.78 is 0. The summed E-state index contributed by atoms with van der Waals surface area (Å²) in [7, 11) is -1.10. The molecule has 0 aromatic heterocycles. The third-order valence-electron chi connectivity index (χ3n) is 2.69. The van der Waals surface area contributed by atoms with Crippen LogP contribution in [0.25, 0.3) is 0 Å². The highest BCUT2D eigenvalue weighted by Gasteiger charge is 2.08. The molecule has 4 N–H and O–H groups in total. The van der Waals surface area contributed by atoms with Crippen molar-refractivity contribution in [2.24, 2.45) is 0 Å². The first-order valence-corrected chi connectivity index (χ1v) is 7.94. The number of anilines is 2. The van der Waals surface area contributed by atoms with Gasteiger partial charge in [-0.3, -0.25) is 0 Å². The normalized spacial score (nSPS) is 11.6. The summed E-state index contributed by atoms with van der Waals surface area (Å²) in [5.41, 5.74) is 2.20. The fourth-order valence-corrected chi connectivity index (χ4v) is 1.56. The van der Waals surface area contributed by atoms with E-state index in [4.69, 9.17) is 22.3 Å². The van der Waals surface area contributed by atoms with Crippen LogP contribution in [0.2, 0.25) is 6.32 Å². The van der Waals surface area contributed by atoms with Gasteiger partial charge < -0.3 is 20.7 Å². The lowest BCUT2D eigenvalue weighted by Gasteiger charge is -2.19. The van der Waals surface area contributed by atoms with E-state index in [1.807, 2.05) is 31.2 Å². The molecule has 0 fully saturated rings. The molecule has 0 saturated carbocycles. The Balaban J connectivity index is 0.000000342. The number of hydrogen-bond acceptors (Lipinski definition) is 4. The monoisotopic (exact) mass is 310 g/mol. The zero-order chi connectivity index (χ0) is 16.1. The molecule has 0 amide bonds. The summed E-state index contributed by atoms with van der Waals surface area (Å²) in [4.78, 5) is 0.851. The second-order valence-electron chi connectivity index (χ2n) is 4.72. The van der Waals surface area contributed by atoms with Crippen LogP contribution in [-0.4, -0.2) is 28.7 Å². The van der Waals surface area contributed by atoms with Crippen molar-refractivity contribution in [3.8, 4) is 0 Å². The van der Waals surface area contributed by atoms with E-state index in [-0.39, 0.29) is 0 Å². The van der Waals surface area contributed by atoms with Gasteiger partial charge in [0, 0.05) is 0 Å². The molecule has 6 heteroatoms. The minimum atomic E-state index is -1.10. The van der Waals surface area contributed by atoms with Crippen molar-refractivity contribution in [1.82, 2.24) is 0 Å². The molecule has 4 nitrogen and oxygen atoms in total. The van der Waals surface area contributed by atoms with Crippen LogP contribution in [0.4, 0.5) is 11.4 Å². The molecule has 1 aromatic carbocycles. The molecule has 0 aliphatic carbocycles. The molecule has 1 aliphatic heterocycles. The Kier molecular flexibility index (Phi) is 12.0. The zero-order valence-corrected chi connectivity index (χ0v) is 14.0. The maximum atomic E-state index is 8.11. The van der Waals surface area contributed by atoms with Crippen LogP contribution in [0.3, 0.4) is 0 Å². The fraction of sp³-hybridized carbons (Fsp3) is 0.533. The van der Waals surface area contributed by atoms with Crippen LogP contribution in [0.5, 0.6) is 0 Å². The molecule has 0 atom stereocenters. The van der Waals surface area contributed by atoms with Gasteiger partial charge in [0.2, 0.25) is 0 Å². The number of benzene rings is 1. The first-order chi connectivity index (χ1) is 10.0. The van der Waals surface area contributed by atoms with E-state index in [0.29, 0.717) is 6.32 Å². The molecular weight excluding hydrogens is 283 g/mol. The average molecular weight is 310 g/mol. The van der Waals surface area contributed by atoms with Crippen molar-refractivity contribution in [1.29, 1.82) is 0 Å². The van der Waals surface area contributed by atoms with Gasteiger partial charge in [-0.05, 0) is 18.5 Å². The van der Waals surface area contributed by atoms with Crippen LogP contribution in [-0.2, 0) is 0 Å². The van der Waals surface area contributed by atoms with Gasteiger partial charge in [0.15, 0.2) is 0 Å². The molecule has 1 aromatic rings. The third kappa shape index (κ3) is 10.3. The van der Waals surface area contributed by atoms with E-state index in [9.17, 15) is 0 Å². The van der Waals surface area contributed by atoms with Gasteiger partial charge in [0.05, 0.1) is 22.9 Å². The molecule has 2 rings (SSSR count). The SMILES string of the molecule is CCCB(O)O.CCCC.S=C1CNc2ccccc2N1. The topological polar surface area (TPSA) is 64.5 Å². The van der Waals surface area contributed by atoms with Gasteiger partial charge in [-0.25, -0.2) is 0 Å². The van der Waals surface area contributed by atoms with E-state index in [1.165, 1.54) is 12.8 Å². The predicted octanol–water partition coefficient (Wildman–Crippen LogP) is 3.53. The molecule has 0 bridgehead atoms. The summed E-state index contributed by atoms with van der Waals surface area (Å²) >= 11 is 5.01. The van der Waals surface area contributed by atoms with Gasteiger partial charge >= 0.3 is 7.12 Å². The van der Waals surface area contributed by atoms with E-state index in [0.717, 1.165) is 29.3 Å². The molecule has 1 aliphatic rings. The highest BCUT2D eigenvalue weighted by molar-refractivity contribution is 7.80.